The molecule has 0 aliphatic rings. The summed E-state index contributed by atoms with van der Waals surface area (Å²) in [7, 11) is 0. The Bertz CT molecular complexity index is 392. The molecule has 0 saturated heterocycles. The molecule has 0 aromatic heterocycles. The van der Waals surface area contributed by atoms with Gasteiger partial charge < -0.3 is 15.2 Å². The molecule has 0 amide bonds. The minimum absolute atomic E-state index is 0.0172. The Labute approximate surface area is 116 Å². The number of rotatable bonds is 7. The highest BCUT2D eigenvalue weighted by Crippen LogP contribution is 2.24. The summed E-state index contributed by atoms with van der Waals surface area (Å²) >= 11 is 0. The molecule has 1 aromatic carbocycles. The van der Waals surface area contributed by atoms with E-state index in [1.165, 1.54) is 12.1 Å². The summed E-state index contributed by atoms with van der Waals surface area (Å²) in [4.78, 5) is 0. The molecule has 0 aliphatic heterocycles. The maximum Gasteiger partial charge on any atom is 0.573 e. The molecule has 0 radical (unpaired) electrons. The average Bonchev–Trinajstić information content (AvgIpc) is 2.35. The zero-order valence-corrected chi connectivity index (χ0v) is 11.6. The Hall–Kier alpha value is -1.27. The maximum atomic E-state index is 12.0. The summed E-state index contributed by atoms with van der Waals surface area (Å²) in [5.74, 6) is -0.221. The van der Waals surface area contributed by atoms with Gasteiger partial charge in [0.15, 0.2) is 0 Å². The van der Waals surface area contributed by atoms with E-state index < -0.39 is 6.36 Å². The van der Waals surface area contributed by atoms with E-state index in [4.69, 9.17) is 5.11 Å². The van der Waals surface area contributed by atoms with Gasteiger partial charge in [-0.25, -0.2) is 0 Å². The molecule has 2 N–H and O–H groups in total. The van der Waals surface area contributed by atoms with E-state index in [0.717, 1.165) is 18.4 Å². The second-order valence-corrected chi connectivity index (χ2v) is 4.77. The van der Waals surface area contributed by atoms with Crippen molar-refractivity contribution in [3.63, 3.8) is 0 Å². The van der Waals surface area contributed by atoms with Crippen molar-refractivity contribution in [3.05, 3.63) is 29.8 Å². The highest BCUT2D eigenvalue weighted by Gasteiger charge is 2.31. The quantitative estimate of drug-likeness (QED) is 0.809. The second kappa shape index (κ2) is 7.50. The smallest absolute Gasteiger partial charge is 0.406 e. The first kappa shape index (κ1) is 16.8. The number of nitrogens with one attached hydrogen (secondary N) is 1. The number of halogens is 3. The van der Waals surface area contributed by atoms with Crippen molar-refractivity contribution in [2.24, 2.45) is 0 Å². The summed E-state index contributed by atoms with van der Waals surface area (Å²) in [5, 5.41) is 12.1. The standard InChI is InChI=1S/C14H20F3NO2/c1-10(4-3-9-19)18-11(2)12-5-7-13(8-6-12)20-14(15,16)17/h5-8,10-11,18-19H,3-4,9H2,1-2H3. The number of hydrogen-bond donors (Lipinski definition) is 2. The van der Waals surface area contributed by atoms with Crippen LogP contribution in [0.5, 0.6) is 5.75 Å². The van der Waals surface area contributed by atoms with Gasteiger partial charge in [-0.1, -0.05) is 12.1 Å². The zero-order valence-electron chi connectivity index (χ0n) is 11.6. The van der Waals surface area contributed by atoms with E-state index >= 15 is 0 Å². The topological polar surface area (TPSA) is 41.5 Å². The average molecular weight is 291 g/mol. The number of hydrogen-bond acceptors (Lipinski definition) is 3. The molecule has 6 heteroatoms. The normalized spacial score (nSPS) is 14.9. The minimum atomic E-state index is -4.66. The van der Waals surface area contributed by atoms with Gasteiger partial charge in [0.1, 0.15) is 5.75 Å². The molecule has 0 aliphatic carbocycles. The molecule has 0 saturated carbocycles. The Kier molecular flexibility index (Phi) is 6.29. The van der Waals surface area contributed by atoms with Crippen LogP contribution in [0.25, 0.3) is 0 Å². The van der Waals surface area contributed by atoms with Crippen molar-refractivity contribution in [1.82, 2.24) is 5.32 Å². The Morgan fingerprint density at radius 2 is 1.80 bits per heavy atom. The molecule has 0 fully saturated rings. The van der Waals surface area contributed by atoms with Crippen LogP contribution >= 0.6 is 0 Å². The van der Waals surface area contributed by atoms with Crippen LogP contribution in [-0.4, -0.2) is 24.1 Å². The fraction of sp³-hybridized carbons (Fsp3) is 0.571. The fourth-order valence-corrected chi connectivity index (χ4v) is 1.96. The van der Waals surface area contributed by atoms with Crippen LogP contribution in [0.15, 0.2) is 24.3 Å². The third-order valence-electron chi connectivity index (χ3n) is 2.94. The van der Waals surface area contributed by atoms with Crippen LogP contribution in [0.1, 0.15) is 38.3 Å². The maximum absolute atomic E-state index is 12.0. The summed E-state index contributed by atoms with van der Waals surface area (Å²) in [5.41, 5.74) is 0.885. The largest absolute Gasteiger partial charge is 0.573 e. The van der Waals surface area contributed by atoms with E-state index in [-0.39, 0.29) is 24.4 Å². The lowest BCUT2D eigenvalue weighted by atomic mass is 10.1. The lowest BCUT2D eigenvalue weighted by Gasteiger charge is -2.20. The van der Waals surface area contributed by atoms with Crippen LogP contribution in [-0.2, 0) is 0 Å². The molecule has 20 heavy (non-hydrogen) atoms. The summed E-state index contributed by atoms with van der Waals surface area (Å²) < 4.78 is 39.9. The first-order valence-electron chi connectivity index (χ1n) is 6.54. The molecular formula is C14H20F3NO2. The second-order valence-electron chi connectivity index (χ2n) is 4.77. The van der Waals surface area contributed by atoms with Crippen molar-refractivity contribution in [2.45, 2.75) is 45.1 Å². The van der Waals surface area contributed by atoms with Crippen molar-refractivity contribution in [3.8, 4) is 5.75 Å². The Morgan fingerprint density at radius 1 is 1.20 bits per heavy atom. The lowest BCUT2D eigenvalue weighted by molar-refractivity contribution is -0.274. The van der Waals surface area contributed by atoms with Crippen LogP contribution < -0.4 is 10.1 Å². The van der Waals surface area contributed by atoms with Crippen LogP contribution in [0, 0.1) is 0 Å². The van der Waals surface area contributed by atoms with Crippen molar-refractivity contribution in [2.75, 3.05) is 6.61 Å². The summed E-state index contributed by atoms with van der Waals surface area (Å²) in [6, 6.07) is 6.07. The molecular weight excluding hydrogens is 271 g/mol. The zero-order chi connectivity index (χ0) is 15.2. The Morgan fingerprint density at radius 3 is 2.30 bits per heavy atom. The van der Waals surface area contributed by atoms with Gasteiger partial charge >= 0.3 is 6.36 Å². The third-order valence-corrected chi connectivity index (χ3v) is 2.94. The van der Waals surface area contributed by atoms with E-state index in [2.05, 4.69) is 10.1 Å². The number of benzene rings is 1. The third kappa shape index (κ3) is 6.25. The van der Waals surface area contributed by atoms with Gasteiger partial charge in [0.2, 0.25) is 0 Å². The van der Waals surface area contributed by atoms with Crippen LogP contribution in [0.2, 0.25) is 0 Å². The van der Waals surface area contributed by atoms with E-state index in [9.17, 15) is 13.2 Å². The molecule has 0 heterocycles. The lowest BCUT2D eigenvalue weighted by Crippen LogP contribution is -2.29. The van der Waals surface area contributed by atoms with Gasteiger partial charge in [-0.05, 0) is 44.4 Å². The highest BCUT2D eigenvalue weighted by atomic mass is 19.4. The van der Waals surface area contributed by atoms with Crippen molar-refractivity contribution < 1.29 is 23.0 Å². The molecule has 2 unspecified atom stereocenters. The van der Waals surface area contributed by atoms with Crippen LogP contribution in [0.3, 0.4) is 0 Å². The van der Waals surface area contributed by atoms with Gasteiger partial charge in [0.25, 0.3) is 0 Å². The van der Waals surface area contributed by atoms with Gasteiger partial charge in [-0.3, -0.25) is 0 Å². The first-order valence-corrected chi connectivity index (χ1v) is 6.54. The predicted molar refractivity (Wildman–Crippen MR) is 70.5 cm³/mol. The number of ether oxygens (including phenoxy) is 1. The predicted octanol–water partition coefficient (Wildman–Crippen LogP) is 3.40. The number of alkyl halides is 3. The highest BCUT2D eigenvalue weighted by molar-refractivity contribution is 5.29. The van der Waals surface area contributed by atoms with Gasteiger partial charge in [0, 0.05) is 18.7 Å². The molecule has 0 spiro atoms. The monoisotopic (exact) mass is 291 g/mol. The molecule has 2 atom stereocenters. The van der Waals surface area contributed by atoms with E-state index in [1.807, 2.05) is 13.8 Å². The molecule has 1 rings (SSSR count). The van der Waals surface area contributed by atoms with Gasteiger partial charge in [0.05, 0.1) is 0 Å². The van der Waals surface area contributed by atoms with Crippen molar-refractivity contribution in [1.29, 1.82) is 0 Å². The molecule has 1 aromatic rings. The molecule has 3 nitrogen and oxygen atoms in total. The SMILES string of the molecule is CC(CCCO)NC(C)c1ccc(OC(F)(F)F)cc1. The minimum Gasteiger partial charge on any atom is -0.406 e. The number of aliphatic hydroxyl groups is 1. The Balaban J connectivity index is 2.55. The summed E-state index contributed by atoms with van der Waals surface area (Å²) in [6.45, 7) is 4.10. The number of aliphatic hydroxyl groups excluding tert-OH is 1. The van der Waals surface area contributed by atoms with Crippen LogP contribution in [0.4, 0.5) is 13.2 Å². The van der Waals surface area contributed by atoms with Gasteiger partial charge in [-0.15, -0.1) is 13.2 Å². The first-order chi connectivity index (χ1) is 9.31. The van der Waals surface area contributed by atoms with Crippen molar-refractivity contribution >= 4 is 0 Å². The van der Waals surface area contributed by atoms with E-state index in [1.54, 1.807) is 12.1 Å². The summed E-state index contributed by atoms with van der Waals surface area (Å²) in [6.07, 6.45) is -3.10. The van der Waals surface area contributed by atoms with Gasteiger partial charge in [-0.2, -0.15) is 0 Å². The fourth-order valence-electron chi connectivity index (χ4n) is 1.96. The molecule has 0 bridgehead atoms. The molecule has 114 valence electrons. The van der Waals surface area contributed by atoms with E-state index in [0.29, 0.717) is 0 Å².